The average Bonchev–Trinajstić information content (AvgIpc) is 3.43. The van der Waals surface area contributed by atoms with Crippen LogP contribution >= 0.6 is 22.9 Å². The number of nitrogens with zero attached hydrogens (tertiary/aromatic N) is 3. The molecular weight excluding hydrogens is 436 g/mol. The first-order chi connectivity index (χ1) is 15.0. The summed E-state index contributed by atoms with van der Waals surface area (Å²) in [5.74, 6) is 0.0603. The predicted octanol–water partition coefficient (Wildman–Crippen LogP) is 4.18. The van der Waals surface area contributed by atoms with Crippen LogP contribution in [0, 0.1) is 6.92 Å². The molecule has 3 aromatic rings. The van der Waals surface area contributed by atoms with E-state index in [-0.39, 0.29) is 18.4 Å². The average molecular weight is 457 g/mol. The predicted molar refractivity (Wildman–Crippen MR) is 120 cm³/mol. The molecule has 0 radical (unpaired) electrons. The lowest BCUT2D eigenvalue weighted by Gasteiger charge is -2.23. The van der Waals surface area contributed by atoms with Crippen molar-refractivity contribution in [2.24, 2.45) is 0 Å². The van der Waals surface area contributed by atoms with Gasteiger partial charge in [-0.1, -0.05) is 46.7 Å². The molecule has 4 rings (SSSR count). The molecule has 1 N–H and O–H groups in total. The van der Waals surface area contributed by atoms with Gasteiger partial charge in [0, 0.05) is 17.1 Å². The number of hydrogen-bond acceptors (Lipinski definition) is 6. The molecule has 1 aliphatic heterocycles. The quantitative estimate of drug-likeness (QED) is 0.601. The zero-order valence-electron chi connectivity index (χ0n) is 16.9. The summed E-state index contributed by atoms with van der Waals surface area (Å²) in [5, 5.41) is 12.8. The Labute approximate surface area is 189 Å². The number of aryl methyl sites for hydroxylation is 1. The van der Waals surface area contributed by atoms with E-state index in [1.54, 1.807) is 29.2 Å². The molecule has 1 aromatic heterocycles. The number of nitrogens with one attached hydrogen (secondary N) is 1. The zero-order chi connectivity index (χ0) is 21.8. The highest BCUT2D eigenvalue weighted by atomic mass is 35.5. The lowest BCUT2D eigenvalue weighted by molar-refractivity contribution is -0.138. The monoisotopic (exact) mass is 456 g/mol. The van der Waals surface area contributed by atoms with Gasteiger partial charge >= 0.3 is 0 Å². The smallest absolute Gasteiger partial charge is 0.261 e. The maximum atomic E-state index is 12.8. The van der Waals surface area contributed by atoms with E-state index >= 15 is 0 Å². The molecule has 0 aliphatic carbocycles. The summed E-state index contributed by atoms with van der Waals surface area (Å²) in [6, 6.07) is 14.2. The second kappa shape index (κ2) is 9.45. The van der Waals surface area contributed by atoms with Crippen LogP contribution in [-0.2, 0) is 9.59 Å². The summed E-state index contributed by atoms with van der Waals surface area (Å²) >= 11 is 7.16. The largest absolute Gasteiger partial charge is 0.484 e. The van der Waals surface area contributed by atoms with E-state index in [4.69, 9.17) is 16.3 Å². The third kappa shape index (κ3) is 5.21. The number of rotatable bonds is 6. The molecule has 1 fully saturated rings. The molecule has 31 heavy (non-hydrogen) atoms. The van der Waals surface area contributed by atoms with Crippen molar-refractivity contribution >= 4 is 39.9 Å². The maximum absolute atomic E-state index is 12.8. The Kier molecular flexibility index (Phi) is 6.48. The number of ether oxygens (including phenoxy) is 1. The van der Waals surface area contributed by atoms with Gasteiger partial charge in [0.2, 0.25) is 11.0 Å². The van der Waals surface area contributed by atoms with E-state index in [2.05, 4.69) is 15.5 Å². The van der Waals surface area contributed by atoms with Crippen molar-refractivity contribution < 1.29 is 14.3 Å². The van der Waals surface area contributed by atoms with Crippen molar-refractivity contribution in [3.05, 3.63) is 59.1 Å². The van der Waals surface area contributed by atoms with Crippen molar-refractivity contribution in [3.8, 4) is 16.3 Å². The highest BCUT2D eigenvalue weighted by Gasteiger charge is 2.34. The lowest BCUT2D eigenvalue weighted by Crippen LogP contribution is -2.45. The summed E-state index contributed by atoms with van der Waals surface area (Å²) < 4.78 is 5.54. The molecule has 1 atom stereocenters. The summed E-state index contributed by atoms with van der Waals surface area (Å²) in [7, 11) is 0. The number of amides is 2. The topological polar surface area (TPSA) is 84.4 Å². The fourth-order valence-corrected chi connectivity index (χ4v) is 4.32. The fraction of sp³-hybridized carbons (Fsp3) is 0.273. The van der Waals surface area contributed by atoms with Gasteiger partial charge in [0.15, 0.2) is 6.61 Å². The molecule has 0 saturated carbocycles. The molecule has 2 aromatic carbocycles. The van der Waals surface area contributed by atoms with Gasteiger partial charge in [0.05, 0.1) is 0 Å². The summed E-state index contributed by atoms with van der Waals surface area (Å²) in [5.41, 5.74) is 2.08. The minimum Gasteiger partial charge on any atom is -0.484 e. The SMILES string of the molecule is Cc1cccc(-c2nnc(NC(=O)C3CCCN3C(=O)COc3ccc(Cl)cc3)s2)c1. The Morgan fingerprint density at radius 2 is 2.03 bits per heavy atom. The molecule has 0 spiro atoms. The Morgan fingerprint density at radius 1 is 1.23 bits per heavy atom. The van der Waals surface area contributed by atoms with E-state index in [0.717, 1.165) is 22.6 Å². The van der Waals surface area contributed by atoms with Crippen molar-refractivity contribution in [1.82, 2.24) is 15.1 Å². The Balaban J connectivity index is 1.36. The zero-order valence-corrected chi connectivity index (χ0v) is 18.4. The Bertz CT molecular complexity index is 1090. The van der Waals surface area contributed by atoms with E-state index in [9.17, 15) is 9.59 Å². The number of likely N-dealkylation sites (tertiary alicyclic amines) is 1. The summed E-state index contributed by atoms with van der Waals surface area (Å²) in [6.45, 7) is 2.39. The van der Waals surface area contributed by atoms with Gasteiger partial charge in [-0.25, -0.2) is 0 Å². The molecular formula is C22H21ClN4O3S. The van der Waals surface area contributed by atoms with Crippen LogP contribution in [0.15, 0.2) is 48.5 Å². The number of carbonyl (C=O) groups is 2. The maximum Gasteiger partial charge on any atom is 0.261 e. The van der Waals surface area contributed by atoms with Crippen LogP contribution in [0.1, 0.15) is 18.4 Å². The van der Waals surface area contributed by atoms with E-state index < -0.39 is 6.04 Å². The second-order valence-electron chi connectivity index (χ2n) is 7.26. The number of halogens is 1. The van der Waals surface area contributed by atoms with Gasteiger partial charge in [-0.3, -0.25) is 14.9 Å². The number of aromatic nitrogens is 2. The normalized spacial score (nSPS) is 15.7. The highest BCUT2D eigenvalue weighted by molar-refractivity contribution is 7.18. The van der Waals surface area contributed by atoms with Crippen LogP contribution in [0.3, 0.4) is 0 Å². The third-order valence-electron chi connectivity index (χ3n) is 4.97. The second-order valence-corrected chi connectivity index (χ2v) is 8.67. The standard InChI is InChI=1S/C22H21ClN4O3S/c1-14-4-2-5-15(12-14)21-25-26-22(31-21)24-20(29)18-6-3-11-27(18)19(28)13-30-17-9-7-16(23)8-10-17/h2,4-5,7-10,12,18H,3,6,11,13H2,1H3,(H,24,26,29). The molecule has 7 nitrogen and oxygen atoms in total. The van der Waals surface area contributed by atoms with Gasteiger partial charge in [-0.05, 0) is 50.1 Å². The minimum absolute atomic E-state index is 0.137. The van der Waals surface area contributed by atoms with E-state index in [1.807, 2.05) is 31.2 Å². The summed E-state index contributed by atoms with van der Waals surface area (Å²) in [6.07, 6.45) is 1.36. The number of anilines is 1. The number of hydrogen-bond donors (Lipinski definition) is 1. The fourth-order valence-electron chi connectivity index (χ4n) is 3.45. The molecule has 9 heteroatoms. The van der Waals surface area contributed by atoms with Gasteiger partial charge in [0.25, 0.3) is 5.91 Å². The molecule has 0 bridgehead atoms. The molecule has 160 valence electrons. The van der Waals surface area contributed by atoms with E-state index in [1.165, 1.54) is 11.3 Å². The molecule has 2 heterocycles. The van der Waals surface area contributed by atoms with Crippen LogP contribution in [-0.4, -0.2) is 46.1 Å². The van der Waals surface area contributed by atoms with Gasteiger partial charge in [-0.2, -0.15) is 0 Å². The van der Waals surface area contributed by atoms with Crippen LogP contribution in [0.25, 0.3) is 10.6 Å². The molecule has 1 unspecified atom stereocenters. The van der Waals surface area contributed by atoms with Gasteiger partial charge in [-0.15, -0.1) is 10.2 Å². The minimum atomic E-state index is -0.548. The van der Waals surface area contributed by atoms with Crippen LogP contribution in [0.4, 0.5) is 5.13 Å². The Hall–Kier alpha value is -2.97. The van der Waals surface area contributed by atoms with Crippen molar-refractivity contribution in [1.29, 1.82) is 0 Å². The first-order valence-electron chi connectivity index (χ1n) is 9.89. The Morgan fingerprint density at radius 3 is 2.81 bits per heavy atom. The van der Waals surface area contributed by atoms with Crippen molar-refractivity contribution in [3.63, 3.8) is 0 Å². The molecule has 1 saturated heterocycles. The molecule has 2 amide bonds. The van der Waals surface area contributed by atoms with Crippen LogP contribution < -0.4 is 10.1 Å². The number of carbonyl (C=O) groups excluding carboxylic acids is 2. The first kappa shape index (κ1) is 21.3. The first-order valence-corrected chi connectivity index (χ1v) is 11.1. The van der Waals surface area contributed by atoms with Gasteiger partial charge < -0.3 is 9.64 Å². The van der Waals surface area contributed by atoms with Crippen LogP contribution in [0.5, 0.6) is 5.75 Å². The molecule has 1 aliphatic rings. The van der Waals surface area contributed by atoms with Crippen molar-refractivity contribution in [2.45, 2.75) is 25.8 Å². The third-order valence-corrected chi connectivity index (χ3v) is 6.11. The van der Waals surface area contributed by atoms with E-state index in [0.29, 0.717) is 28.9 Å². The lowest BCUT2D eigenvalue weighted by atomic mass is 10.1. The van der Waals surface area contributed by atoms with Crippen molar-refractivity contribution in [2.75, 3.05) is 18.5 Å². The summed E-state index contributed by atoms with van der Waals surface area (Å²) in [4.78, 5) is 27.0. The van der Waals surface area contributed by atoms with Gasteiger partial charge in [0.1, 0.15) is 16.8 Å². The van der Waals surface area contributed by atoms with Crippen LogP contribution in [0.2, 0.25) is 5.02 Å². The number of benzene rings is 2. The highest BCUT2D eigenvalue weighted by Crippen LogP contribution is 2.28.